The Labute approximate surface area is 107 Å². The van der Waals surface area contributed by atoms with Crippen LogP contribution in [0, 0.1) is 0 Å². The van der Waals surface area contributed by atoms with Crippen LogP contribution in [0.5, 0.6) is 5.88 Å². The number of ether oxygens (including phenoxy) is 1. The van der Waals surface area contributed by atoms with Gasteiger partial charge in [-0.25, -0.2) is 4.98 Å². The zero-order chi connectivity index (χ0) is 13.6. The van der Waals surface area contributed by atoms with E-state index in [2.05, 4.69) is 10.3 Å². The van der Waals surface area contributed by atoms with Crippen molar-refractivity contribution in [3.63, 3.8) is 0 Å². The molecule has 0 aliphatic rings. The highest BCUT2D eigenvalue weighted by Crippen LogP contribution is 2.21. The number of rotatable bonds is 6. The van der Waals surface area contributed by atoms with Crippen LogP contribution in [-0.2, 0) is 4.79 Å². The summed E-state index contributed by atoms with van der Waals surface area (Å²) < 4.78 is 4.97. The summed E-state index contributed by atoms with van der Waals surface area (Å²) in [5.74, 6) is 0.0310. The molecule has 0 radical (unpaired) electrons. The molecule has 1 atom stereocenters. The van der Waals surface area contributed by atoms with Crippen LogP contribution in [0.25, 0.3) is 0 Å². The number of nitrogens with one attached hydrogen (secondary N) is 1. The molecule has 0 aliphatic heterocycles. The summed E-state index contributed by atoms with van der Waals surface area (Å²) in [4.78, 5) is 16.0. The van der Waals surface area contributed by atoms with Gasteiger partial charge in [-0.1, -0.05) is 20.3 Å². The topological polar surface area (TPSA) is 71.5 Å². The smallest absolute Gasteiger partial charge is 0.256 e. The Morgan fingerprint density at radius 2 is 2.28 bits per heavy atom. The Balaban J connectivity index is 2.79. The summed E-state index contributed by atoms with van der Waals surface area (Å²) in [5, 5.41) is 12.9. The first-order valence-corrected chi connectivity index (χ1v) is 6.09. The second-order valence-corrected chi connectivity index (χ2v) is 4.18. The molecule has 0 spiro atoms. The lowest BCUT2D eigenvalue weighted by Gasteiger charge is -2.25. The predicted octanol–water partition coefficient (Wildman–Crippen LogP) is 1.97. The highest BCUT2D eigenvalue weighted by Gasteiger charge is 2.32. The van der Waals surface area contributed by atoms with Crippen molar-refractivity contribution in [3.8, 4) is 5.88 Å². The number of pyridine rings is 1. The van der Waals surface area contributed by atoms with Crippen molar-refractivity contribution < 1.29 is 14.6 Å². The Hall–Kier alpha value is -1.62. The van der Waals surface area contributed by atoms with Crippen molar-refractivity contribution in [2.24, 2.45) is 0 Å². The van der Waals surface area contributed by atoms with Gasteiger partial charge in [0.25, 0.3) is 5.91 Å². The highest BCUT2D eigenvalue weighted by atomic mass is 16.5. The summed E-state index contributed by atoms with van der Waals surface area (Å²) in [6.45, 7) is 3.73. The molecule has 100 valence electrons. The molecule has 18 heavy (non-hydrogen) atoms. The third-order valence-corrected chi connectivity index (χ3v) is 2.87. The monoisotopic (exact) mass is 252 g/mol. The van der Waals surface area contributed by atoms with E-state index in [9.17, 15) is 9.90 Å². The number of aliphatic hydroxyl groups is 1. The van der Waals surface area contributed by atoms with Gasteiger partial charge in [-0.15, -0.1) is 0 Å². The van der Waals surface area contributed by atoms with Crippen LogP contribution in [0.3, 0.4) is 0 Å². The standard InChI is InChI=1S/C13H20N2O3/c1-4-7-13(17,5-2)12(16)15-10-6-8-14-11(9-10)18-3/h6,8-9,17H,4-5,7H2,1-3H3,(H,14,15,16)/t13-/m0/s1. The van der Waals surface area contributed by atoms with Gasteiger partial charge in [-0.2, -0.15) is 0 Å². The average molecular weight is 252 g/mol. The maximum absolute atomic E-state index is 12.0. The normalized spacial score (nSPS) is 13.8. The number of anilines is 1. The number of carbonyl (C=O) groups is 1. The molecule has 1 heterocycles. The van der Waals surface area contributed by atoms with E-state index in [4.69, 9.17) is 4.74 Å². The van der Waals surface area contributed by atoms with Gasteiger partial charge in [0.1, 0.15) is 5.60 Å². The van der Waals surface area contributed by atoms with Crippen LogP contribution >= 0.6 is 0 Å². The minimum atomic E-state index is -1.31. The molecular weight excluding hydrogens is 232 g/mol. The molecule has 2 N–H and O–H groups in total. The second kappa shape index (κ2) is 6.35. The number of amides is 1. The van der Waals surface area contributed by atoms with Crippen molar-refractivity contribution in [1.29, 1.82) is 0 Å². The number of nitrogens with zero attached hydrogens (tertiary/aromatic N) is 1. The fourth-order valence-corrected chi connectivity index (χ4v) is 1.71. The molecule has 0 aliphatic carbocycles. The van der Waals surface area contributed by atoms with E-state index in [-0.39, 0.29) is 5.91 Å². The molecule has 0 aromatic carbocycles. The van der Waals surface area contributed by atoms with Gasteiger partial charge in [0, 0.05) is 18.0 Å². The largest absolute Gasteiger partial charge is 0.481 e. The fraction of sp³-hybridized carbons (Fsp3) is 0.538. The van der Waals surface area contributed by atoms with Gasteiger partial charge in [0.05, 0.1) is 7.11 Å². The van der Waals surface area contributed by atoms with Crippen LogP contribution in [0.1, 0.15) is 33.1 Å². The Morgan fingerprint density at radius 1 is 1.56 bits per heavy atom. The Morgan fingerprint density at radius 3 is 2.83 bits per heavy atom. The number of aromatic nitrogens is 1. The number of carbonyl (C=O) groups excluding carboxylic acids is 1. The number of methoxy groups -OCH3 is 1. The summed E-state index contributed by atoms with van der Waals surface area (Å²) in [6.07, 6.45) is 3.11. The molecule has 1 aromatic rings. The van der Waals surface area contributed by atoms with E-state index < -0.39 is 5.60 Å². The van der Waals surface area contributed by atoms with E-state index in [1.54, 1.807) is 25.3 Å². The average Bonchev–Trinajstić information content (AvgIpc) is 2.39. The SMILES string of the molecule is CCC[C@@](O)(CC)C(=O)Nc1ccnc(OC)c1. The minimum Gasteiger partial charge on any atom is -0.481 e. The summed E-state index contributed by atoms with van der Waals surface area (Å²) in [6, 6.07) is 3.27. The first kappa shape index (κ1) is 14.4. The molecule has 0 unspecified atom stereocenters. The lowest BCUT2D eigenvalue weighted by atomic mass is 9.94. The van der Waals surface area contributed by atoms with Gasteiger partial charge in [0.15, 0.2) is 0 Å². The van der Waals surface area contributed by atoms with Crippen LogP contribution < -0.4 is 10.1 Å². The van der Waals surface area contributed by atoms with Crippen LogP contribution in [0.15, 0.2) is 18.3 Å². The third-order valence-electron chi connectivity index (χ3n) is 2.87. The van der Waals surface area contributed by atoms with Gasteiger partial charge in [0.2, 0.25) is 5.88 Å². The predicted molar refractivity (Wildman–Crippen MR) is 69.6 cm³/mol. The van der Waals surface area contributed by atoms with E-state index in [1.165, 1.54) is 7.11 Å². The maximum atomic E-state index is 12.0. The van der Waals surface area contributed by atoms with Crippen LogP contribution in [0.4, 0.5) is 5.69 Å². The molecule has 5 heteroatoms. The highest BCUT2D eigenvalue weighted by molar-refractivity contribution is 5.97. The number of hydrogen-bond donors (Lipinski definition) is 2. The second-order valence-electron chi connectivity index (χ2n) is 4.18. The molecule has 1 amide bonds. The summed E-state index contributed by atoms with van der Waals surface area (Å²) in [5.41, 5.74) is -0.750. The van der Waals surface area contributed by atoms with Gasteiger partial charge < -0.3 is 15.2 Å². The molecule has 5 nitrogen and oxygen atoms in total. The first-order chi connectivity index (χ1) is 8.55. The van der Waals surface area contributed by atoms with Crippen molar-refractivity contribution in [2.45, 2.75) is 38.7 Å². The molecule has 0 fully saturated rings. The third kappa shape index (κ3) is 3.43. The van der Waals surface area contributed by atoms with Crippen LogP contribution in [-0.4, -0.2) is 28.7 Å². The molecule has 0 saturated carbocycles. The van der Waals surface area contributed by atoms with Gasteiger partial charge in [-0.3, -0.25) is 4.79 Å². The fourth-order valence-electron chi connectivity index (χ4n) is 1.71. The van der Waals surface area contributed by atoms with Crippen molar-refractivity contribution >= 4 is 11.6 Å². The van der Waals surface area contributed by atoms with Gasteiger partial charge in [-0.05, 0) is 18.9 Å². The lowest BCUT2D eigenvalue weighted by molar-refractivity contribution is -0.135. The molecule has 1 rings (SSSR count). The van der Waals surface area contributed by atoms with E-state index in [0.29, 0.717) is 24.4 Å². The van der Waals surface area contributed by atoms with E-state index >= 15 is 0 Å². The zero-order valence-electron chi connectivity index (χ0n) is 11.1. The summed E-state index contributed by atoms with van der Waals surface area (Å²) in [7, 11) is 1.51. The van der Waals surface area contributed by atoms with Gasteiger partial charge >= 0.3 is 0 Å². The first-order valence-electron chi connectivity index (χ1n) is 6.09. The maximum Gasteiger partial charge on any atom is 0.256 e. The zero-order valence-corrected chi connectivity index (χ0v) is 11.1. The van der Waals surface area contributed by atoms with Crippen molar-refractivity contribution in [2.75, 3.05) is 12.4 Å². The van der Waals surface area contributed by atoms with Crippen molar-refractivity contribution in [3.05, 3.63) is 18.3 Å². The van der Waals surface area contributed by atoms with E-state index in [1.807, 2.05) is 6.92 Å². The van der Waals surface area contributed by atoms with Crippen molar-refractivity contribution in [1.82, 2.24) is 4.98 Å². The molecule has 1 aromatic heterocycles. The minimum absolute atomic E-state index is 0.384. The molecular formula is C13H20N2O3. The Bertz CT molecular complexity index is 409. The van der Waals surface area contributed by atoms with E-state index in [0.717, 1.165) is 6.42 Å². The summed E-state index contributed by atoms with van der Waals surface area (Å²) >= 11 is 0. The quantitative estimate of drug-likeness (QED) is 0.812. The Kier molecular flexibility index (Phi) is 5.09. The molecule has 0 bridgehead atoms. The molecule has 0 saturated heterocycles. The van der Waals surface area contributed by atoms with Crippen LogP contribution in [0.2, 0.25) is 0 Å². The number of hydrogen-bond acceptors (Lipinski definition) is 4. The lowest BCUT2D eigenvalue weighted by Crippen LogP contribution is -2.42.